The Kier molecular flexibility index (Phi) is 9.62. The summed E-state index contributed by atoms with van der Waals surface area (Å²) in [6, 6.07) is 14.4. The standard InChI is InChI=1S/C17H24N2O4S.C9H10O2/c1-17(21)9-11-19(15(13-17)14-7-4-3-5-8-14)16(20)18-10-6-12-24(2,22)23;1-6-4-3-5-8(7(6)2)9(10)11/h3-8,12,15,21H,9-11,13H2,1-2H3,(H,18,20);3-5H,1-2H3,(H,10,11)/b12-6+;/t15-,17+;/m0./s1. The van der Waals surface area contributed by atoms with Crippen molar-refractivity contribution in [3.8, 4) is 0 Å². The van der Waals surface area contributed by atoms with Crippen LogP contribution in [0.4, 0.5) is 4.79 Å². The zero-order chi connectivity index (χ0) is 26.2. The van der Waals surface area contributed by atoms with Crippen LogP contribution in [0.15, 0.2) is 60.0 Å². The third-order valence-corrected chi connectivity index (χ3v) is 6.58. The quantitative estimate of drug-likeness (QED) is 0.571. The number of amides is 2. The number of urea groups is 1. The lowest BCUT2D eigenvalue weighted by Crippen LogP contribution is -2.50. The number of hydrogen-bond donors (Lipinski definition) is 3. The minimum absolute atomic E-state index is 0.139. The van der Waals surface area contributed by atoms with E-state index in [1.54, 1.807) is 24.0 Å². The summed E-state index contributed by atoms with van der Waals surface area (Å²) in [7, 11) is -3.19. The van der Waals surface area contributed by atoms with Crippen molar-refractivity contribution < 1.29 is 28.2 Å². The second kappa shape index (κ2) is 12.0. The zero-order valence-electron chi connectivity index (χ0n) is 20.6. The van der Waals surface area contributed by atoms with E-state index in [-0.39, 0.29) is 18.6 Å². The Bertz CT molecular complexity index is 1160. The van der Waals surface area contributed by atoms with Crippen molar-refractivity contribution in [2.24, 2.45) is 0 Å². The summed E-state index contributed by atoms with van der Waals surface area (Å²) in [5, 5.41) is 22.8. The van der Waals surface area contributed by atoms with Crippen LogP contribution in [0.5, 0.6) is 0 Å². The number of carbonyl (C=O) groups excluding carboxylic acids is 1. The summed E-state index contributed by atoms with van der Waals surface area (Å²) >= 11 is 0. The van der Waals surface area contributed by atoms with Crippen LogP contribution in [-0.2, 0) is 9.84 Å². The van der Waals surface area contributed by atoms with Crippen LogP contribution < -0.4 is 5.32 Å². The summed E-state index contributed by atoms with van der Waals surface area (Å²) < 4.78 is 22.1. The summed E-state index contributed by atoms with van der Waals surface area (Å²) in [5.41, 5.74) is 2.42. The molecule has 3 N–H and O–H groups in total. The summed E-state index contributed by atoms with van der Waals surface area (Å²) in [6.45, 7) is 6.09. The van der Waals surface area contributed by atoms with Gasteiger partial charge in [0.05, 0.1) is 17.2 Å². The molecule has 8 nitrogen and oxygen atoms in total. The number of likely N-dealkylation sites (tertiary alicyclic amines) is 1. The van der Waals surface area contributed by atoms with Crippen molar-refractivity contribution >= 4 is 21.8 Å². The van der Waals surface area contributed by atoms with Gasteiger partial charge in [0.2, 0.25) is 0 Å². The van der Waals surface area contributed by atoms with E-state index in [2.05, 4.69) is 5.32 Å². The Morgan fingerprint density at radius 1 is 1.14 bits per heavy atom. The van der Waals surface area contributed by atoms with Gasteiger partial charge in [0.25, 0.3) is 0 Å². The van der Waals surface area contributed by atoms with Crippen molar-refractivity contribution in [2.75, 3.05) is 19.3 Å². The highest BCUT2D eigenvalue weighted by Crippen LogP contribution is 2.36. The number of rotatable bonds is 5. The Labute approximate surface area is 207 Å². The van der Waals surface area contributed by atoms with Crippen molar-refractivity contribution in [3.63, 3.8) is 0 Å². The molecule has 0 aliphatic carbocycles. The predicted octanol–water partition coefficient (Wildman–Crippen LogP) is 3.84. The van der Waals surface area contributed by atoms with Gasteiger partial charge in [0.1, 0.15) is 0 Å². The molecule has 2 aromatic rings. The number of carboxylic acids is 1. The average Bonchev–Trinajstić information content (AvgIpc) is 2.78. The molecule has 0 radical (unpaired) electrons. The van der Waals surface area contributed by atoms with E-state index in [0.717, 1.165) is 28.4 Å². The molecule has 1 saturated heterocycles. The number of nitrogens with zero attached hydrogens (tertiary/aromatic N) is 1. The van der Waals surface area contributed by atoms with Crippen molar-refractivity contribution in [3.05, 3.63) is 82.3 Å². The summed E-state index contributed by atoms with van der Waals surface area (Å²) in [6.07, 6.45) is 3.47. The number of carbonyl (C=O) groups is 2. The molecule has 3 rings (SSSR count). The van der Waals surface area contributed by atoms with Gasteiger partial charge in [-0.3, -0.25) is 0 Å². The number of piperidine rings is 1. The third kappa shape index (κ3) is 8.84. The zero-order valence-corrected chi connectivity index (χ0v) is 21.4. The maximum atomic E-state index is 12.5. The van der Waals surface area contributed by atoms with Gasteiger partial charge in [-0.2, -0.15) is 0 Å². The molecule has 2 aromatic carbocycles. The molecule has 1 aliphatic heterocycles. The van der Waals surface area contributed by atoms with E-state index in [9.17, 15) is 23.1 Å². The fourth-order valence-corrected chi connectivity index (χ4v) is 4.26. The number of carboxylic acid groups (broad SMARTS) is 1. The van der Waals surface area contributed by atoms with Gasteiger partial charge in [-0.1, -0.05) is 48.5 Å². The van der Waals surface area contributed by atoms with E-state index >= 15 is 0 Å². The summed E-state index contributed by atoms with van der Waals surface area (Å²) in [5.74, 6) is -0.855. The number of benzene rings is 2. The minimum Gasteiger partial charge on any atom is -0.478 e. The molecule has 0 saturated carbocycles. The van der Waals surface area contributed by atoms with Gasteiger partial charge in [0.15, 0.2) is 9.84 Å². The van der Waals surface area contributed by atoms with Gasteiger partial charge in [-0.05, 0) is 49.9 Å². The van der Waals surface area contributed by atoms with Crippen LogP contribution in [0.2, 0.25) is 0 Å². The number of aliphatic hydroxyl groups is 1. The highest BCUT2D eigenvalue weighted by Gasteiger charge is 2.37. The predicted molar refractivity (Wildman–Crippen MR) is 136 cm³/mol. The molecule has 2 amide bonds. The lowest BCUT2D eigenvalue weighted by molar-refractivity contribution is -0.0207. The Morgan fingerprint density at radius 2 is 1.80 bits per heavy atom. The second-order valence-electron chi connectivity index (χ2n) is 9.01. The minimum atomic E-state index is -3.19. The largest absolute Gasteiger partial charge is 0.478 e. The van der Waals surface area contributed by atoms with E-state index in [1.807, 2.05) is 50.2 Å². The van der Waals surface area contributed by atoms with Gasteiger partial charge in [-0.15, -0.1) is 0 Å². The number of aryl methyl sites for hydroxylation is 1. The number of hydrogen-bond acceptors (Lipinski definition) is 5. The number of aromatic carboxylic acids is 1. The van der Waals surface area contributed by atoms with Gasteiger partial charge in [-0.25, -0.2) is 18.0 Å². The lowest BCUT2D eigenvalue weighted by Gasteiger charge is -2.42. The van der Waals surface area contributed by atoms with E-state index in [4.69, 9.17) is 5.11 Å². The highest BCUT2D eigenvalue weighted by molar-refractivity contribution is 7.93. The first-order valence-electron chi connectivity index (χ1n) is 11.3. The molecule has 190 valence electrons. The smallest absolute Gasteiger partial charge is 0.335 e. The molecule has 0 unspecified atom stereocenters. The average molecular weight is 503 g/mol. The molecule has 0 aromatic heterocycles. The molecular formula is C26H34N2O6S. The second-order valence-corrected chi connectivity index (χ2v) is 10.9. The maximum absolute atomic E-state index is 12.5. The van der Waals surface area contributed by atoms with Crippen LogP contribution in [0, 0.1) is 13.8 Å². The molecule has 2 atom stereocenters. The number of nitrogens with one attached hydrogen (secondary N) is 1. The Hall–Kier alpha value is -3.17. The molecule has 1 fully saturated rings. The molecule has 9 heteroatoms. The normalized spacial score (nSPS) is 20.1. The van der Waals surface area contributed by atoms with E-state index in [1.165, 1.54) is 6.08 Å². The van der Waals surface area contributed by atoms with Crippen molar-refractivity contribution in [2.45, 2.75) is 45.3 Å². The Morgan fingerprint density at radius 3 is 2.37 bits per heavy atom. The van der Waals surface area contributed by atoms with Crippen LogP contribution in [0.3, 0.4) is 0 Å². The third-order valence-electron chi connectivity index (χ3n) is 5.90. The monoisotopic (exact) mass is 502 g/mol. The number of sulfone groups is 1. The first-order valence-corrected chi connectivity index (χ1v) is 13.2. The molecule has 1 heterocycles. The van der Waals surface area contributed by atoms with Crippen LogP contribution in [0.1, 0.15) is 52.9 Å². The maximum Gasteiger partial charge on any atom is 0.335 e. The van der Waals surface area contributed by atoms with Crippen LogP contribution in [0.25, 0.3) is 0 Å². The highest BCUT2D eigenvalue weighted by atomic mass is 32.2. The van der Waals surface area contributed by atoms with Crippen LogP contribution >= 0.6 is 0 Å². The Balaban J connectivity index is 0.000000328. The molecule has 35 heavy (non-hydrogen) atoms. The van der Waals surface area contributed by atoms with Crippen molar-refractivity contribution in [1.82, 2.24) is 10.2 Å². The fourth-order valence-electron chi connectivity index (χ4n) is 3.82. The van der Waals surface area contributed by atoms with Crippen molar-refractivity contribution in [1.29, 1.82) is 0 Å². The molecule has 1 aliphatic rings. The van der Waals surface area contributed by atoms with Gasteiger partial charge < -0.3 is 20.4 Å². The fraction of sp³-hybridized carbons (Fsp3) is 0.385. The molecule has 0 bridgehead atoms. The van der Waals surface area contributed by atoms with E-state index < -0.39 is 21.4 Å². The van der Waals surface area contributed by atoms with Gasteiger partial charge >= 0.3 is 12.0 Å². The summed E-state index contributed by atoms with van der Waals surface area (Å²) in [4.78, 5) is 24.7. The topological polar surface area (TPSA) is 124 Å². The van der Waals surface area contributed by atoms with Crippen LogP contribution in [-0.4, -0.2) is 60.5 Å². The first kappa shape index (κ1) is 28.1. The molecular weight excluding hydrogens is 468 g/mol. The van der Waals surface area contributed by atoms with E-state index in [0.29, 0.717) is 24.9 Å². The lowest BCUT2D eigenvalue weighted by atomic mass is 9.85. The SMILES string of the molecule is C[C@@]1(O)CCN(C(=O)NC/C=C/S(C)(=O)=O)[C@H](c2ccccc2)C1.Cc1cccc(C(=O)O)c1C. The molecule has 0 spiro atoms. The van der Waals surface area contributed by atoms with Gasteiger partial charge in [0, 0.05) is 31.2 Å². The first-order chi connectivity index (χ1) is 16.3.